The Morgan fingerprint density at radius 3 is 2.70 bits per heavy atom. The van der Waals surface area contributed by atoms with Crippen molar-refractivity contribution >= 4 is 5.91 Å². The number of pyridine rings is 1. The van der Waals surface area contributed by atoms with E-state index < -0.39 is 0 Å². The SMILES string of the molecule is CCCCn1c2c(cc(C(=O)N[C@H](C)c3ccccc3)c1=O)[C@@H]1CC[C@H]2C1. The fourth-order valence-corrected chi connectivity index (χ4v) is 4.80. The van der Waals surface area contributed by atoms with Crippen LogP contribution in [0.15, 0.2) is 41.2 Å². The maximum absolute atomic E-state index is 13.2. The van der Waals surface area contributed by atoms with Crippen LogP contribution in [0.25, 0.3) is 0 Å². The molecule has 3 atom stereocenters. The van der Waals surface area contributed by atoms with Gasteiger partial charge in [0.05, 0.1) is 6.04 Å². The molecule has 1 aromatic heterocycles. The maximum Gasteiger partial charge on any atom is 0.263 e. The summed E-state index contributed by atoms with van der Waals surface area (Å²) in [6.07, 6.45) is 5.52. The molecule has 0 spiro atoms. The van der Waals surface area contributed by atoms with Gasteiger partial charge in [0, 0.05) is 18.2 Å². The number of hydrogen-bond acceptors (Lipinski definition) is 2. The van der Waals surface area contributed by atoms with E-state index >= 15 is 0 Å². The summed E-state index contributed by atoms with van der Waals surface area (Å²) in [5, 5.41) is 3.02. The highest BCUT2D eigenvalue weighted by Crippen LogP contribution is 2.52. The van der Waals surface area contributed by atoms with Crippen LogP contribution in [0.3, 0.4) is 0 Å². The molecule has 0 saturated heterocycles. The van der Waals surface area contributed by atoms with Crippen LogP contribution in [0.2, 0.25) is 0 Å². The Morgan fingerprint density at radius 1 is 1.22 bits per heavy atom. The molecule has 142 valence electrons. The van der Waals surface area contributed by atoms with Crippen LogP contribution in [-0.2, 0) is 6.54 Å². The van der Waals surface area contributed by atoms with Crippen molar-refractivity contribution in [3.8, 4) is 0 Å². The molecule has 0 aliphatic heterocycles. The molecule has 0 unspecified atom stereocenters. The van der Waals surface area contributed by atoms with E-state index in [2.05, 4.69) is 12.2 Å². The molecule has 1 heterocycles. The molecule has 1 saturated carbocycles. The molecule has 1 fully saturated rings. The average molecular weight is 364 g/mol. The summed E-state index contributed by atoms with van der Waals surface area (Å²) < 4.78 is 1.92. The van der Waals surface area contributed by atoms with Crippen molar-refractivity contribution in [3.05, 3.63) is 69.1 Å². The highest BCUT2D eigenvalue weighted by Gasteiger charge is 2.40. The van der Waals surface area contributed by atoms with Gasteiger partial charge in [-0.2, -0.15) is 0 Å². The van der Waals surface area contributed by atoms with Gasteiger partial charge < -0.3 is 9.88 Å². The molecule has 1 N–H and O–H groups in total. The normalized spacial score (nSPS) is 21.1. The third-order valence-corrected chi connectivity index (χ3v) is 6.25. The summed E-state index contributed by atoms with van der Waals surface area (Å²) in [6, 6.07) is 11.6. The standard InChI is InChI=1S/C23H28N2O2/c1-3-4-12-25-21-18-11-10-17(13-18)19(21)14-20(23(25)27)22(26)24-15(2)16-8-6-5-7-9-16/h5-9,14-15,17-18H,3-4,10-13H2,1-2H3,(H,24,26)/t15-,17-,18+/m1/s1. The zero-order valence-corrected chi connectivity index (χ0v) is 16.2. The molecular weight excluding hydrogens is 336 g/mol. The molecule has 2 aromatic rings. The molecule has 4 nitrogen and oxygen atoms in total. The number of carbonyl (C=O) groups is 1. The Morgan fingerprint density at radius 2 is 1.96 bits per heavy atom. The van der Waals surface area contributed by atoms with E-state index in [0.717, 1.165) is 31.4 Å². The molecular formula is C23H28N2O2. The second-order valence-corrected chi connectivity index (χ2v) is 8.02. The van der Waals surface area contributed by atoms with E-state index in [-0.39, 0.29) is 17.5 Å². The van der Waals surface area contributed by atoms with Gasteiger partial charge in [0.1, 0.15) is 5.56 Å². The van der Waals surface area contributed by atoms with Gasteiger partial charge in [0.15, 0.2) is 0 Å². The molecule has 4 heteroatoms. The first-order chi connectivity index (χ1) is 13.1. The van der Waals surface area contributed by atoms with Gasteiger partial charge in [-0.05, 0) is 55.7 Å². The van der Waals surface area contributed by atoms with Gasteiger partial charge in [-0.25, -0.2) is 0 Å². The largest absolute Gasteiger partial charge is 0.345 e. The summed E-state index contributed by atoms with van der Waals surface area (Å²) in [7, 11) is 0. The van der Waals surface area contributed by atoms with E-state index in [1.165, 1.54) is 24.1 Å². The van der Waals surface area contributed by atoms with Crippen molar-refractivity contribution in [1.82, 2.24) is 9.88 Å². The quantitative estimate of drug-likeness (QED) is 0.820. The van der Waals surface area contributed by atoms with Gasteiger partial charge in [-0.1, -0.05) is 43.7 Å². The molecule has 4 rings (SSSR count). The summed E-state index contributed by atoms with van der Waals surface area (Å²) in [5.41, 5.74) is 3.70. The minimum atomic E-state index is -0.257. The van der Waals surface area contributed by atoms with Gasteiger partial charge in [-0.15, -0.1) is 0 Å². The molecule has 27 heavy (non-hydrogen) atoms. The van der Waals surface area contributed by atoms with Crippen molar-refractivity contribution < 1.29 is 4.79 Å². The van der Waals surface area contributed by atoms with Crippen molar-refractivity contribution in [2.75, 3.05) is 0 Å². The number of rotatable bonds is 6. The third kappa shape index (κ3) is 3.22. The van der Waals surface area contributed by atoms with Crippen molar-refractivity contribution in [1.29, 1.82) is 0 Å². The molecule has 0 radical (unpaired) electrons. The Bertz CT molecular complexity index is 901. The second-order valence-electron chi connectivity index (χ2n) is 8.02. The number of amides is 1. The van der Waals surface area contributed by atoms with Crippen molar-refractivity contribution in [3.63, 3.8) is 0 Å². The lowest BCUT2D eigenvalue weighted by Crippen LogP contribution is -2.36. The van der Waals surface area contributed by atoms with E-state index in [9.17, 15) is 9.59 Å². The maximum atomic E-state index is 13.2. The third-order valence-electron chi connectivity index (χ3n) is 6.25. The highest BCUT2D eigenvalue weighted by atomic mass is 16.2. The minimum Gasteiger partial charge on any atom is -0.345 e. The zero-order valence-electron chi connectivity index (χ0n) is 16.2. The van der Waals surface area contributed by atoms with Crippen LogP contribution in [0.5, 0.6) is 0 Å². The van der Waals surface area contributed by atoms with Crippen LogP contribution in [0.1, 0.15) is 91.0 Å². The lowest BCUT2D eigenvalue weighted by Gasteiger charge is -2.22. The summed E-state index contributed by atoms with van der Waals surface area (Å²) in [5.74, 6) is 0.777. The molecule has 2 bridgehead atoms. The first-order valence-electron chi connectivity index (χ1n) is 10.2. The van der Waals surface area contributed by atoms with Crippen LogP contribution >= 0.6 is 0 Å². The zero-order chi connectivity index (χ0) is 19.0. The van der Waals surface area contributed by atoms with Gasteiger partial charge in [0.25, 0.3) is 11.5 Å². The lowest BCUT2D eigenvalue weighted by molar-refractivity contribution is 0.0937. The second kappa shape index (κ2) is 7.34. The number of aromatic nitrogens is 1. The van der Waals surface area contributed by atoms with E-state index in [4.69, 9.17) is 0 Å². The van der Waals surface area contributed by atoms with Gasteiger partial charge in [0.2, 0.25) is 0 Å². The van der Waals surface area contributed by atoms with E-state index in [1.807, 2.05) is 47.9 Å². The number of fused-ring (bicyclic) bond motifs is 5. The van der Waals surface area contributed by atoms with Gasteiger partial charge in [-0.3, -0.25) is 9.59 Å². The Balaban J connectivity index is 1.67. The fourth-order valence-electron chi connectivity index (χ4n) is 4.80. The summed E-state index contributed by atoms with van der Waals surface area (Å²) >= 11 is 0. The highest BCUT2D eigenvalue weighted by molar-refractivity contribution is 5.94. The smallest absolute Gasteiger partial charge is 0.263 e. The Hall–Kier alpha value is -2.36. The molecule has 2 aliphatic carbocycles. The molecule has 1 aromatic carbocycles. The average Bonchev–Trinajstić information content (AvgIpc) is 3.29. The molecule has 1 amide bonds. The van der Waals surface area contributed by atoms with Crippen LogP contribution in [0, 0.1) is 0 Å². The number of carbonyl (C=O) groups excluding carboxylic acids is 1. The van der Waals surface area contributed by atoms with Crippen LogP contribution < -0.4 is 10.9 Å². The van der Waals surface area contributed by atoms with Gasteiger partial charge >= 0.3 is 0 Å². The fraction of sp³-hybridized carbons (Fsp3) is 0.478. The lowest BCUT2D eigenvalue weighted by atomic mass is 9.94. The molecule has 2 aliphatic rings. The topological polar surface area (TPSA) is 51.1 Å². The number of unbranched alkanes of at least 4 members (excludes halogenated alkanes) is 1. The Labute approximate surface area is 160 Å². The first-order valence-corrected chi connectivity index (χ1v) is 10.2. The Kier molecular flexibility index (Phi) is 4.90. The first kappa shape index (κ1) is 18.0. The van der Waals surface area contributed by atoms with E-state index in [0.29, 0.717) is 17.4 Å². The number of nitrogens with one attached hydrogen (secondary N) is 1. The predicted octanol–water partition coefficient (Wildman–Crippen LogP) is 4.50. The van der Waals surface area contributed by atoms with Crippen molar-refractivity contribution in [2.24, 2.45) is 0 Å². The van der Waals surface area contributed by atoms with Crippen LogP contribution in [-0.4, -0.2) is 10.5 Å². The van der Waals surface area contributed by atoms with Crippen LogP contribution in [0.4, 0.5) is 0 Å². The number of benzene rings is 1. The monoisotopic (exact) mass is 364 g/mol. The minimum absolute atomic E-state index is 0.118. The summed E-state index contributed by atoms with van der Waals surface area (Å²) in [4.78, 5) is 26.1. The van der Waals surface area contributed by atoms with Crippen molar-refractivity contribution in [2.45, 2.75) is 70.4 Å². The predicted molar refractivity (Wildman–Crippen MR) is 107 cm³/mol. The number of hydrogen-bond donors (Lipinski definition) is 1. The van der Waals surface area contributed by atoms with E-state index in [1.54, 1.807) is 0 Å². The summed E-state index contributed by atoms with van der Waals surface area (Å²) in [6.45, 7) is 4.81. The number of nitrogens with zero attached hydrogens (tertiary/aromatic N) is 1.